The van der Waals surface area contributed by atoms with E-state index in [1.165, 1.54) is 0 Å². The molecule has 1 aromatic carbocycles. The Morgan fingerprint density at radius 1 is 1.42 bits per heavy atom. The largest absolute Gasteiger partial charge is 0.496 e. The van der Waals surface area contributed by atoms with E-state index < -0.39 is 0 Å². The SMILES string of the molecule is COc1ccc(Br)cc1-c1[nH]c(=O)nc2c1CCN2. The Hall–Kier alpha value is -1.82. The molecule has 3 rings (SSSR count). The summed E-state index contributed by atoms with van der Waals surface area (Å²) in [5.74, 6) is 1.39. The number of rotatable bonds is 2. The molecule has 0 atom stereocenters. The number of ether oxygens (including phenoxy) is 1. The number of aromatic amines is 1. The quantitative estimate of drug-likeness (QED) is 0.889. The van der Waals surface area contributed by atoms with Crippen molar-refractivity contribution in [3.05, 3.63) is 38.7 Å². The van der Waals surface area contributed by atoms with E-state index in [4.69, 9.17) is 4.74 Å². The van der Waals surface area contributed by atoms with Crippen molar-refractivity contribution in [2.75, 3.05) is 19.0 Å². The van der Waals surface area contributed by atoms with E-state index >= 15 is 0 Å². The van der Waals surface area contributed by atoms with Crippen LogP contribution in [0.5, 0.6) is 5.75 Å². The summed E-state index contributed by atoms with van der Waals surface area (Å²) < 4.78 is 6.30. The molecular formula is C13H12BrN3O2. The molecule has 1 aliphatic rings. The lowest BCUT2D eigenvalue weighted by molar-refractivity contribution is 0.416. The first-order valence-corrected chi connectivity index (χ1v) is 6.69. The van der Waals surface area contributed by atoms with Gasteiger partial charge in [0.15, 0.2) is 0 Å². The topological polar surface area (TPSA) is 67.0 Å². The van der Waals surface area contributed by atoms with Crippen LogP contribution in [-0.4, -0.2) is 23.6 Å². The van der Waals surface area contributed by atoms with Crippen LogP contribution in [0.2, 0.25) is 0 Å². The fourth-order valence-corrected chi connectivity index (χ4v) is 2.66. The van der Waals surface area contributed by atoms with Gasteiger partial charge in [-0.3, -0.25) is 0 Å². The van der Waals surface area contributed by atoms with Crippen LogP contribution < -0.4 is 15.7 Å². The number of fused-ring (bicyclic) bond motifs is 1. The van der Waals surface area contributed by atoms with Crippen LogP contribution in [0.3, 0.4) is 0 Å². The Balaban J connectivity index is 2.28. The summed E-state index contributed by atoms with van der Waals surface area (Å²) in [7, 11) is 1.62. The highest BCUT2D eigenvalue weighted by Crippen LogP contribution is 2.35. The summed E-state index contributed by atoms with van der Waals surface area (Å²) in [6, 6.07) is 5.70. The molecule has 0 aliphatic carbocycles. The molecular weight excluding hydrogens is 310 g/mol. The van der Waals surface area contributed by atoms with E-state index in [1.807, 2.05) is 18.2 Å². The van der Waals surface area contributed by atoms with Gasteiger partial charge in [0.1, 0.15) is 11.6 Å². The van der Waals surface area contributed by atoms with Crippen molar-refractivity contribution in [3.63, 3.8) is 0 Å². The highest BCUT2D eigenvalue weighted by Gasteiger charge is 2.20. The Morgan fingerprint density at radius 3 is 3.05 bits per heavy atom. The lowest BCUT2D eigenvalue weighted by Gasteiger charge is -2.11. The molecule has 0 bridgehead atoms. The Labute approximate surface area is 118 Å². The lowest BCUT2D eigenvalue weighted by atomic mass is 10.0. The molecule has 98 valence electrons. The maximum Gasteiger partial charge on any atom is 0.347 e. The number of H-pyrrole nitrogens is 1. The molecule has 5 nitrogen and oxygen atoms in total. The van der Waals surface area contributed by atoms with Crippen molar-refractivity contribution in [2.24, 2.45) is 0 Å². The van der Waals surface area contributed by atoms with Crippen LogP contribution >= 0.6 is 15.9 Å². The molecule has 0 amide bonds. The van der Waals surface area contributed by atoms with Crippen molar-refractivity contribution < 1.29 is 4.74 Å². The third-order valence-electron chi connectivity index (χ3n) is 3.13. The minimum Gasteiger partial charge on any atom is -0.496 e. The molecule has 0 unspecified atom stereocenters. The minimum atomic E-state index is -0.356. The Kier molecular flexibility index (Phi) is 3.02. The number of anilines is 1. The van der Waals surface area contributed by atoms with Gasteiger partial charge in [-0.1, -0.05) is 15.9 Å². The normalized spacial score (nSPS) is 12.9. The van der Waals surface area contributed by atoms with E-state index in [1.54, 1.807) is 7.11 Å². The number of nitrogens with one attached hydrogen (secondary N) is 2. The van der Waals surface area contributed by atoms with E-state index in [9.17, 15) is 4.79 Å². The van der Waals surface area contributed by atoms with Crippen molar-refractivity contribution in [1.29, 1.82) is 0 Å². The average Bonchev–Trinajstić information content (AvgIpc) is 2.85. The van der Waals surface area contributed by atoms with Gasteiger partial charge in [0.25, 0.3) is 0 Å². The van der Waals surface area contributed by atoms with E-state index in [2.05, 4.69) is 31.2 Å². The van der Waals surface area contributed by atoms with Crippen LogP contribution in [0.4, 0.5) is 5.82 Å². The highest BCUT2D eigenvalue weighted by atomic mass is 79.9. The number of nitrogens with zero attached hydrogens (tertiary/aromatic N) is 1. The van der Waals surface area contributed by atoms with Crippen molar-refractivity contribution >= 4 is 21.7 Å². The monoisotopic (exact) mass is 321 g/mol. The van der Waals surface area contributed by atoms with Gasteiger partial charge in [0.05, 0.1) is 12.8 Å². The number of hydrogen-bond acceptors (Lipinski definition) is 4. The van der Waals surface area contributed by atoms with Gasteiger partial charge in [-0.15, -0.1) is 0 Å². The molecule has 2 aromatic rings. The van der Waals surface area contributed by atoms with Crippen LogP contribution in [-0.2, 0) is 6.42 Å². The first-order chi connectivity index (χ1) is 9.19. The third kappa shape index (κ3) is 2.12. The number of aromatic nitrogens is 2. The molecule has 2 heterocycles. The zero-order valence-corrected chi connectivity index (χ0v) is 11.9. The number of halogens is 1. The highest BCUT2D eigenvalue weighted by molar-refractivity contribution is 9.10. The first-order valence-electron chi connectivity index (χ1n) is 5.90. The van der Waals surface area contributed by atoms with Gasteiger partial charge in [0.2, 0.25) is 0 Å². The second kappa shape index (κ2) is 4.70. The van der Waals surface area contributed by atoms with Gasteiger partial charge in [0, 0.05) is 22.1 Å². The van der Waals surface area contributed by atoms with E-state index in [0.717, 1.165) is 40.0 Å². The third-order valence-corrected chi connectivity index (χ3v) is 3.62. The Bertz CT molecular complexity index is 697. The first kappa shape index (κ1) is 12.2. The van der Waals surface area contributed by atoms with E-state index in [0.29, 0.717) is 5.82 Å². The molecule has 2 N–H and O–H groups in total. The summed E-state index contributed by atoms with van der Waals surface area (Å²) in [6.07, 6.45) is 0.837. The maximum absolute atomic E-state index is 11.6. The van der Waals surface area contributed by atoms with Crippen LogP contribution in [0.15, 0.2) is 27.5 Å². The summed E-state index contributed by atoms with van der Waals surface area (Å²) in [5, 5.41) is 3.12. The van der Waals surface area contributed by atoms with Gasteiger partial charge in [-0.2, -0.15) is 4.98 Å². The van der Waals surface area contributed by atoms with Crippen LogP contribution in [0.1, 0.15) is 5.56 Å². The summed E-state index contributed by atoms with van der Waals surface area (Å²) in [6.45, 7) is 0.795. The molecule has 6 heteroatoms. The van der Waals surface area contributed by atoms with Crippen molar-refractivity contribution in [3.8, 4) is 17.0 Å². The zero-order chi connectivity index (χ0) is 13.4. The molecule has 0 saturated heterocycles. The second-order valence-electron chi connectivity index (χ2n) is 4.27. The summed E-state index contributed by atoms with van der Waals surface area (Å²) in [5.41, 5.74) is 2.30. The fraction of sp³-hybridized carbons (Fsp3) is 0.231. The lowest BCUT2D eigenvalue weighted by Crippen LogP contribution is -2.13. The van der Waals surface area contributed by atoms with Crippen molar-refractivity contribution in [1.82, 2.24) is 9.97 Å². The number of hydrogen-bond donors (Lipinski definition) is 2. The number of benzene rings is 1. The summed E-state index contributed by atoms with van der Waals surface area (Å²) in [4.78, 5) is 18.4. The predicted molar refractivity (Wildman–Crippen MR) is 76.7 cm³/mol. The molecule has 0 spiro atoms. The molecule has 19 heavy (non-hydrogen) atoms. The molecule has 1 aromatic heterocycles. The van der Waals surface area contributed by atoms with Crippen LogP contribution in [0, 0.1) is 0 Å². The smallest absolute Gasteiger partial charge is 0.347 e. The predicted octanol–water partition coefficient (Wildman–Crippen LogP) is 2.18. The minimum absolute atomic E-state index is 0.356. The standard InChI is InChI=1S/C13H12BrN3O2/c1-19-10-3-2-7(14)6-9(10)11-8-4-5-15-12(8)17-13(18)16-11/h2-3,6H,4-5H2,1H3,(H2,15,16,17,18). The maximum atomic E-state index is 11.6. The van der Waals surface area contributed by atoms with E-state index in [-0.39, 0.29) is 5.69 Å². The average molecular weight is 322 g/mol. The zero-order valence-electron chi connectivity index (χ0n) is 10.3. The van der Waals surface area contributed by atoms with Gasteiger partial charge < -0.3 is 15.0 Å². The van der Waals surface area contributed by atoms with Crippen LogP contribution in [0.25, 0.3) is 11.3 Å². The van der Waals surface area contributed by atoms with Gasteiger partial charge in [-0.05, 0) is 24.6 Å². The molecule has 0 saturated carbocycles. The number of methoxy groups -OCH3 is 1. The van der Waals surface area contributed by atoms with Crippen molar-refractivity contribution in [2.45, 2.75) is 6.42 Å². The summed E-state index contributed by atoms with van der Waals surface area (Å²) >= 11 is 3.44. The second-order valence-corrected chi connectivity index (χ2v) is 5.18. The van der Waals surface area contributed by atoms with Gasteiger partial charge >= 0.3 is 5.69 Å². The van der Waals surface area contributed by atoms with Gasteiger partial charge in [-0.25, -0.2) is 4.79 Å². The fourth-order valence-electron chi connectivity index (χ4n) is 2.30. The molecule has 0 radical (unpaired) electrons. The molecule has 0 fully saturated rings. The molecule has 1 aliphatic heterocycles. The Morgan fingerprint density at radius 2 is 2.26 bits per heavy atom.